The Morgan fingerprint density at radius 3 is 2.70 bits per heavy atom. The molecule has 1 aromatic carbocycles. The molecule has 110 valence electrons. The largest absolute Gasteiger partial charge is 0.310 e. The summed E-state index contributed by atoms with van der Waals surface area (Å²) in [4.78, 5) is 2.62. The lowest BCUT2D eigenvalue weighted by molar-refractivity contribution is 0.172. The molecule has 2 aliphatic rings. The summed E-state index contributed by atoms with van der Waals surface area (Å²) in [5.74, 6) is 0.976. The lowest BCUT2D eigenvalue weighted by Crippen LogP contribution is -2.49. The van der Waals surface area contributed by atoms with Gasteiger partial charge in [-0.1, -0.05) is 37.3 Å². The van der Waals surface area contributed by atoms with Crippen molar-refractivity contribution in [2.45, 2.75) is 57.7 Å². The summed E-state index contributed by atoms with van der Waals surface area (Å²) in [5, 5.41) is 3.94. The zero-order chi connectivity index (χ0) is 13.8. The second-order valence-corrected chi connectivity index (χ2v) is 6.58. The van der Waals surface area contributed by atoms with Crippen molar-refractivity contribution in [3.8, 4) is 0 Å². The molecule has 1 saturated heterocycles. The van der Waals surface area contributed by atoms with Crippen LogP contribution in [-0.2, 0) is 6.54 Å². The zero-order valence-corrected chi connectivity index (χ0v) is 12.7. The quantitative estimate of drug-likeness (QED) is 0.853. The number of benzene rings is 1. The molecule has 0 radical (unpaired) electrons. The number of hydrogen-bond donors (Lipinski definition) is 1. The molecule has 2 fully saturated rings. The molecule has 0 aromatic heterocycles. The van der Waals surface area contributed by atoms with E-state index in [2.05, 4.69) is 47.5 Å². The van der Waals surface area contributed by atoms with Crippen LogP contribution in [0.5, 0.6) is 0 Å². The Balaban J connectivity index is 1.51. The lowest BCUT2D eigenvalue weighted by Gasteiger charge is -2.35. The van der Waals surface area contributed by atoms with Gasteiger partial charge in [-0.15, -0.1) is 0 Å². The molecule has 0 spiro atoms. The van der Waals surface area contributed by atoms with E-state index in [9.17, 15) is 0 Å². The predicted octanol–water partition coefficient (Wildman–Crippen LogP) is 3.43. The Bertz CT molecular complexity index is 399. The number of nitrogens with one attached hydrogen (secondary N) is 1. The van der Waals surface area contributed by atoms with Gasteiger partial charge in [-0.25, -0.2) is 0 Å². The fourth-order valence-corrected chi connectivity index (χ4v) is 3.57. The summed E-state index contributed by atoms with van der Waals surface area (Å²) in [6.45, 7) is 5.92. The van der Waals surface area contributed by atoms with Crippen molar-refractivity contribution in [3.05, 3.63) is 35.9 Å². The van der Waals surface area contributed by atoms with E-state index in [-0.39, 0.29) is 0 Å². The highest BCUT2D eigenvalue weighted by atomic mass is 15.2. The Morgan fingerprint density at radius 2 is 2.00 bits per heavy atom. The van der Waals surface area contributed by atoms with Gasteiger partial charge in [-0.3, -0.25) is 4.90 Å². The van der Waals surface area contributed by atoms with E-state index in [4.69, 9.17) is 0 Å². The number of likely N-dealkylation sites (tertiary alicyclic amines) is 1. The van der Waals surface area contributed by atoms with E-state index in [0.717, 1.165) is 18.5 Å². The van der Waals surface area contributed by atoms with Crippen molar-refractivity contribution < 1.29 is 0 Å². The summed E-state index contributed by atoms with van der Waals surface area (Å²) >= 11 is 0. The summed E-state index contributed by atoms with van der Waals surface area (Å²) in [6.07, 6.45) is 6.89. The van der Waals surface area contributed by atoms with Crippen molar-refractivity contribution in [3.63, 3.8) is 0 Å². The van der Waals surface area contributed by atoms with E-state index in [1.165, 1.54) is 50.8 Å². The van der Waals surface area contributed by atoms with E-state index in [1.807, 2.05) is 0 Å². The van der Waals surface area contributed by atoms with Gasteiger partial charge < -0.3 is 5.32 Å². The van der Waals surface area contributed by atoms with Gasteiger partial charge in [0.15, 0.2) is 0 Å². The topological polar surface area (TPSA) is 15.3 Å². The highest BCUT2D eigenvalue weighted by molar-refractivity contribution is 5.14. The van der Waals surface area contributed by atoms with Crippen molar-refractivity contribution in [2.75, 3.05) is 13.1 Å². The highest BCUT2D eigenvalue weighted by Gasteiger charge is 2.32. The molecule has 2 heteroatoms. The maximum absolute atomic E-state index is 3.94. The van der Waals surface area contributed by atoms with Crippen LogP contribution in [0.25, 0.3) is 0 Å². The monoisotopic (exact) mass is 272 g/mol. The van der Waals surface area contributed by atoms with Crippen LogP contribution in [-0.4, -0.2) is 30.1 Å². The van der Waals surface area contributed by atoms with E-state index < -0.39 is 0 Å². The molecular formula is C18H28N2. The van der Waals surface area contributed by atoms with Gasteiger partial charge in [-0.05, 0) is 50.1 Å². The summed E-state index contributed by atoms with van der Waals surface area (Å²) < 4.78 is 0. The molecule has 1 saturated carbocycles. The van der Waals surface area contributed by atoms with Gasteiger partial charge >= 0.3 is 0 Å². The number of hydrogen-bond acceptors (Lipinski definition) is 2. The third-order valence-corrected chi connectivity index (χ3v) is 4.84. The van der Waals surface area contributed by atoms with Gasteiger partial charge in [0.1, 0.15) is 0 Å². The predicted molar refractivity (Wildman–Crippen MR) is 84.7 cm³/mol. The molecule has 0 amide bonds. The molecular weight excluding hydrogens is 244 g/mol. The first-order valence-electron chi connectivity index (χ1n) is 8.37. The molecule has 3 rings (SSSR count). The Hall–Kier alpha value is -0.860. The molecule has 1 aliphatic carbocycles. The van der Waals surface area contributed by atoms with E-state index in [1.54, 1.807) is 0 Å². The van der Waals surface area contributed by atoms with Crippen LogP contribution in [0.2, 0.25) is 0 Å². The fourth-order valence-electron chi connectivity index (χ4n) is 3.57. The Labute approximate surface area is 123 Å². The van der Waals surface area contributed by atoms with Crippen molar-refractivity contribution in [2.24, 2.45) is 5.92 Å². The van der Waals surface area contributed by atoms with Crippen LogP contribution in [0.4, 0.5) is 0 Å². The molecule has 1 heterocycles. The molecule has 2 nitrogen and oxygen atoms in total. The minimum atomic E-state index is 0.706. The lowest BCUT2D eigenvalue weighted by atomic mass is 10.0. The van der Waals surface area contributed by atoms with Gasteiger partial charge in [0.2, 0.25) is 0 Å². The summed E-state index contributed by atoms with van der Waals surface area (Å²) in [7, 11) is 0. The molecule has 20 heavy (non-hydrogen) atoms. The Kier molecular flexibility index (Phi) is 4.74. The first-order valence-corrected chi connectivity index (χ1v) is 8.37. The van der Waals surface area contributed by atoms with Crippen molar-refractivity contribution in [1.82, 2.24) is 10.2 Å². The Morgan fingerprint density at radius 1 is 1.20 bits per heavy atom. The zero-order valence-electron chi connectivity index (χ0n) is 12.7. The minimum absolute atomic E-state index is 0.706. The third kappa shape index (κ3) is 3.83. The first-order chi connectivity index (χ1) is 9.85. The fraction of sp³-hybridized carbons (Fsp3) is 0.667. The normalized spacial score (nSPS) is 25.6. The molecule has 2 unspecified atom stereocenters. The standard InChI is InChI=1S/C18H28N2/c1-2-18(16-10-11-16)19-17-9-6-12-20(14-17)13-15-7-4-3-5-8-15/h3-5,7-8,16-19H,2,6,9-14H2,1H3. The van der Waals surface area contributed by atoms with Gasteiger partial charge in [0, 0.05) is 25.2 Å². The maximum atomic E-state index is 3.94. The average molecular weight is 272 g/mol. The van der Waals surface area contributed by atoms with Crippen LogP contribution >= 0.6 is 0 Å². The van der Waals surface area contributed by atoms with Crippen LogP contribution < -0.4 is 5.32 Å². The molecule has 1 aromatic rings. The summed E-state index contributed by atoms with van der Waals surface area (Å²) in [5.41, 5.74) is 1.45. The second-order valence-electron chi connectivity index (χ2n) is 6.58. The van der Waals surface area contributed by atoms with Crippen LogP contribution in [0.1, 0.15) is 44.6 Å². The molecule has 1 N–H and O–H groups in total. The summed E-state index contributed by atoms with van der Waals surface area (Å²) in [6, 6.07) is 12.4. The van der Waals surface area contributed by atoms with Crippen LogP contribution in [0.3, 0.4) is 0 Å². The van der Waals surface area contributed by atoms with Gasteiger partial charge in [-0.2, -0.15) is 0 Å². The first kappa shape index (κ1) is 14.1. The van der Waals surface area contributed by atoms with Crippen LogP contribution in [0.15, 0.2) is 30.3 Å². The number of piperidine rings is 1. The SMILES string of the molecule is CCC(NC1CCCN(Cc2ccccc2)C1)C1CC1. The molecule has 2 atom stereocenters. The highest BCUT2D eigenvalue weighted by Crippen LogP contribution is 2.34. The van der Waals surface area contributed by atoms with Gasteiger partial charge in [0.25, 0.3) is 0 Å². The van der Waals surface area contributed by atoms with E-state index in [0.29, 0.717) is 6.04 Å². The average Bonchev–Trinajstić information content (AvgIpc) is 3.31. The van der Waals surface area contributed by atoms with Crippen LogP contribution in [0, 0.1) is 5.92 Å². The second kappa shape index (κ2) is 6.73. The molecule has 1 aliphatic heterocycles. The molecule has 0 bridgehead atoms. The minimum Gasteiger partial charge on any atom is -0.310 e. The number of nitrogens with zero attached hydrogens (tertiary/aromatic N) is 1. The third-order valence-electron chi connectivity index (χ3n) is 4.84. The maximum Gasteiger partial charge on any atom is 0.0234 e. The van der Waals surface area contributed by atoms with E-state index >= 15 is 0 Å². The number of rotatable bonds is 6. The van der Waals surface area contributed by atoms with Gasteiger partial charge in [0.05, 0.1) is 0 Å². The van der Waals surface area contributed by atoms with Crippen molar-refractivity contribution in [1.29, 1.82) is 0 Å². The van der Waals surface area contributed by atoms with Crippen molar-refractivity contribution >= 4 is 0 Å². The smallest absolute Gasteiger partial charge is 0.0234 e.